The number of benzene rings is 3. The Hall–Kier alpha value is -6.20. The van der Waals surface area contributed by atoms with Crippen molar-refractivity contribution in [1.82, 2.24) is 0 Å². The Morgan fingerprint density at radius 1 is 0.707 bits per heavy atom. The standard InChI is InChI=1S/C23H18N6O12/c1-11-12(22(30)40-9-13-16(26(32)33)4-2-5-17(13)27(34)35)8-15(24)20(21(11)25)23(31)41-10-14-18(28(36)37)6-3-7-19(14)29(38)39/h2-8H,9-10,24-25H2,1H3. The number of nitro groups is 4. The summed E-state index contributed by atoms with van der Waals surface area (Å²) in [4.78, 5) is 67.3. The van der Waals surface area contributed by atoms with Crippen LogP contribution in [-0.2, 0) is 22.7 Å². The summed E-state index contributed by atoms with van der Waals surface area (Å²) in [7, 11) is 0. The monoisotopic (exact) mass is 570 g/mol. The Bertz CT molecular complexity index is 1570. The van der Waals surface area contributed by atoms with Crippen molar-refractivity contribution < 1.29 is 38.8 Å². The van der Waals surface area contributed by atoms with Crippen molar-refractivity contribution in [2.75, 3.05) is 11.5 Å². The normalized spacial score (nSPS) is 10.5. The van der Waals surface area contributed by atoms with Gasteiger partial charge < -0.3 is 20.9 Å². The molecule has 0 aromatic heterocycles. The van der Waals surface area contributed by atoms with Crippen LogP contribution in [0, 0.1) is 47.4 Å². The topological polar surface area (TPSA) is 277 Å². The highest BCUT2D eigenvalue weighted by Gasteiger charge is 2.29. The van der Waals surface area contributed by atoms with Crippen LogP contribution in [-0.4, -0.2) is 31.6 Å². The van der Waals surface area contributed by atoms with Crippen LogP contribution in [0.25, 0.3) is 0 Å². The lowest BCUT2D eigenvalue weighted by molar-refractivity contribution is -0.396. The van der Waals surface area contributed by atoms with Gasteiger partial charge in [-0.15, -0.1) is 0 Å². The molecule has 0 spiro atoms. The molecule has 41 heavy (non-hydrogen) atoms. The Labute approximate surface area is 227 Å². The third-order valence-electron chi connectivity index (χ3n) is 5.83. The first-order valence-corrected chi connectivity index (χ1v) is 11.1. The molecule has 18 heteroatoms. The molecule has 0 saturated heterocycles. The largest absolute Gasteiger partial charge is 0.457 e. The van der Waals surface area contributed by atoms with Crippen LogP contribution in [0.5, 0.6) is 0 Å². The molecular weight excluding hydrogens is 552 g/mol. The van der Waals surface area contributed by atoms with Gasteiger partial charge in [0.05, 0.1) is 30.9 Å². The summed E-state index contributed by atoms with van der Waals surface area (Å²) in [6, 6.07) is 7.13. The Kier molecular flexibility index (Phi) is 8.36. The molecule has 0 bridgehead atoms. The molecular formula is C23H18N6O12. The molecule has 0 heterocycles. The van der Waals surface area contributed by atoms with E-state index in [9.17, 15) is 50.0 Å². The highest BCUT2D eigenvalue weighted by molar-refractivity contribution is 6.05. The number of hydrogen-bond acceptors (Lipinski definition) is 14. The van der Waals surface area contributed by atoms with E-state index in [1.54, 1.807) is 0 Å². The number of nitro benzene ring substituents is 4. The lowest BCUT2D eigenvalue weighted by Gasteiger charge is -2.15. The smallest absolute Gasteiger partial charge is 0.342 e. The summed E-state index contributed by atoms with van der Waals surface area (Å²) < 4.78 is 10.1. The van der Waals surface area contributed by atoms with Gasteiger partial charge >= 0.3 is 11.9 Å². The fourth-order valence-corrected chi connectivity index (χ4v) is 3.79. The van der Waals surface area contributed by atoms with Gasteiger partial charge in [-0.05, 0) is 30.7 Å². The third-order valence-corrected chi connectivity index (χ3v) is 5.83. The maximum atomic E-state index is 12.8. The lowest BCUT2D eigenvalue weighted by Crippen LogP contribution is -2.17. The number of carbonyl (C=O) groups excluding carboxylic acids is 2. The Morgan fingerprint density at radius 2 is 1.07 bits per heavy atom. The van der Waals surface area contributed by atoms with Gasteiger partial charge in [-0.2, -0.15) is 0 Å². The number of rotatable bonds is 10. The van der Waals surface area contributed by atoms with E-state index in [0.717, 1.165) is 42.5 Å². The fourth-order valence-electron chi connectivity index (χ4n) is 3.79. The molecule has 0 fully saturated rings. The number of anilines is 2. The predicted molar refractivity (Wildman–Crippen MR) is 138 cm³/mol. The van der Waals surface area contributed by atoms with Crippen LogP contribution in [0.4, 0.5) is 34.1 Å². The van der Waals surface area contributed by atoms with Crippen molar-refractivity contribution in [3.8, 4) is 0 Å². The van der Waals surface area contributed by atoms with Crippen molar-refractivity contribution in [2.45, 2.75) is 20.1 Å². The zero-order valence-electron chi connectivity index (χ0n) is 20.8. The summed E-state index contributed by atoms with van der Waals surface area (Å²) >= 11 is 0. The second-order valence-corrected chi connectivity index (χ2v) is 8.16. The molecule has 212 valence electrons. The minimum Gasteiger partial charge on any atom is -0.457 e. The number of hydrogen-bond donors (Lipinski definition) is 2. The average Bonchev–Trinajstić information content (AvgIpc) is 2.91. The summed E-state index contributed by atoms with van der Waals surface area (Å²) in [6.45, 7) is -0.449. The van der Waals surface area contributed by atoms with Gasteiger partial charge in [-0.25, -0.2) is 9.59 Å². The first-order chi connectivity index (χ1) is 19.3. The van der Waals surface area contributed by atoms with E-state index in [-0.39, 0.29) is 16.8 Å². The van der Waals surface area contributed by atoms with Crippen molar-refractivity contribution >= 4 is 46.1 Å². The van der Waals surface area contributed by atoms with Gasteiger partial charge in [0.25, 0.3) is 22.7 Å². The molecule has 0 atom stereocenters. The maximum Gasteiger partial charge on any atom is 0.342 e. The number of nitrogens with zero attached hydrogens (tertiary/aromatic N) is 4. The van der Waals surface area contributed by atoms with Crippen LogP contribution in [0.2, 0.25) is 0 Å². The highest BCUT2D eigenvalue weighted by atomic mass is 16.6. The minimum absolute atomic E-state index is 0.0510. The van der Waals surface area contributed by atoms with Crippen molar-refractivity contribution in [1.29, 1.82) is 0 Å². The van der Waals surface area contributed by atoms with E-state index in [2.05, 4.69) is 0 Å². The fraction of sp³-hybridized carbons (Fsp3) is 0.130. The van der Waals surface area contributed by atoms with E-state index in [0.29, 0.717) is 0 Å². The molecule has 0 unspecified atom stereocenters. The number of ether oxygens (including phenoxy) is 2. The van der Waals surface area contributed by atoms with Crippen LogP contribution >= 0.6 is 0 Å². The zero-order chi connectivity index (χ0) is 30.6. The van der Waals surface area contributed by atoms with E-state index >= 15 is 0 Å². The maximum absolute atomic E-state index is 12.8. The van der Waals surface area contributed by atoms with E-state index < -0.39 is 90.0 Å². The lowest BCUT2D eigenvalue weighted by atomic mass is 10.00. The molecule has 0 aliphatic rings. The predicted octanol–water partition coefficient (Wildman–Crippen LogP) is 3.51. The average molecular weight is 570 g/mol. The van der Waals surface area contributed by atoms with Crippen molar-refractivity contribution in [2.24, 2.45) is 0 Å². The van der Waals surface area contributed by atoms with E-state index in [4.69, 9.17) is 20.9 Å². The highest BCUT2D eigenvalue weighted by Crippen LogP contribution is 2.33. The van der Waals surface area contributed by atoms with Crippen LogP contribution in [0.3, 0.4) is 0 Å². The van der Waals surface area contributed by atoms with Gasteiger partial charge in [0.1, 0.15) is 29.9 Å². The molecule has 18 nitrogen and oxygen atoms in total. The number of nitrogen functional groups attached to an aromatic ring is 2. The summed E-state index contributed by atoms with van der Waals surface area (Å²) in [5.41, 5.74) is 6.75. The van der Waals surface area contributed by atoms with Crippen molar-refractivity contribution in [3.05, 3.63) is 111 Å². The second-order valence-electron chi connectivity index (χ2n) is 8.16. The summed E-state index contributed by atoms with van der Waals surface area (Å²) in [5.74, 6) is -2.35. The van der Waals surface area contributed by atoms with Gasteiger partial charge in [-0.1, -0.05) is 0 Å². The van der Waals surface area contributed by atoms with Crippen LogP contribution in [0.15, 0.2) is 42.5 Å². The van der Waals surface area contributed by atoms with Crippen molar-refractivity contribution in [3.63, 3.8) is 0 Å². The third kappa shape index (κ3) is 5.95. The van der Waals surface area contributed by atoms with Gasteiger partial charge in [0.2, 0.25) is 0 Å². The molecule has 0 aliphatic carbocycles. The Balaban J connectivity index is 1.88. The molecule has 0 radical (unpaired) electrons. The number of carbonyl (C=O) groups is 2. The first-order valence-electron chi connectivity index (χ1n) is 11.1. The minimum atomic E-state index is -1.22. The first kappa shape index (κ1) is 29.4. The zero-order valence-corrected chi connectivity index (χ0v) is 20.8. The summed E-state index contributed by atoms with van der Waals surface area (Å²) in [5, 5.41) is 45.2. The van der Waals surface area contributed by atoms with E-state index in [1.807, 2.05) is 0 Å². The summed E-state index contributed by atoms with van der Waals surface area (Å²) in [6.07, 6.45) is 0. The molecule has 3 aromatic carbocycles. The van der Waals surface area contributed by atoms with Gasteiger partial charge in [0.15, 0.2) is 0 Å². The molecule has 4 N–H and O–H groups in total. The van der Waals surface area contributed by atoms with Crippen LogP contribution in [0.1, 0.15) is 37.4 Å². The van der Waals surface area contributed by atoms with Gasteiger partial charge in [0, 0.05) is 30.0 Å². The number of nitrogens with two attached hydrogens (primary N) is 2. The molecule has 0 amide bonds. The van der Waals surface area contributed by atoms with Crippen LogP contribution < -0.4 is 11.5 Å². The SMILES string of the molecule is Cc1c(C(=O)OCc2c([N+](=O)[O-])cccc2[N+](=O)[O-])cc(N)c(C(=O)OCc2c([N+](=O)[O-])cccc2[N+](=O)[O-])c1N. The number of esters is 2. The second kappa shape index (κ2) is 11.7. The molecule has 0 saturated carbocycles. The molecule has 0 aliphatic heterocycles. The quantitative estimate of drug-likeness (QED) is 0.153. The van der Waals surface area contributed by atoms with E-state index in [1.165, 1.54) is 6.92 Å². The van der Waals surface area contributed by atoms with Gasteiger partial charge in [-0.3, -0.25) is 40.5 Å². The Morgan fingerprint density at radius 3 is 1.44 bits per heavy atom. The molecule has 3 aromatic rings. The molecule has 3 rings (SSSR count).